The highest BCUT2D eigenvalue weighted by Gasteiger charge is 2.41. The molecule has 2 aromatic rings. The van der Waals surface area contributed by atoms with Gasteiger partial charge in [0.25, 0.3) is 0 Å². The Morgan fingerprint density at radius 1 is 1.07 bits per heavy atom. The first-order chi connectivity index (χ1) is 13.6. The average molecular weight is 380 g/mol. The first-order valence-corrected chi connectivity index (χ1v) is 9.36. The van der Waals surface area contributed by atoms with Gasteiger partial charge in [0, 0.05) is 18.9 Å². The molecule has 0 saturated carbocycles. The molecule has 1 N–H and O–H groups in total. The highest BCUT2D eigenvalue weighted by molar-refractivity contribution is 6.38. The van der Waals surface area contributed by atoms with Gasteiger partial charge in [-0.15, -0.1) is 0 Å². The number of hydrogen-bond donors (Lipinski definition) is 1. The van der Waals surface area contributed by atoms with Crippen LogP contribution in [0, 0.1) is 0 Å². The molecule has 2 amide bonds. The lowest BCUT2D eigenvalue weighted by molar-refractivity contribution is -0.149. The van der Waals surface area contributed by atoms with E-state index in [1.165, 1.54) is 7.11 Å². The minimum atomic E-state index is -0.860. The van der Waals surface area contributed by atoms with E-state index in [-0.39, 0.29) is 18.4 Å². The second kappa shape index (κ2) is 9.28. The topological polar surface area (TPSA) is 75.7 Å². The molecule has 0 aromatic heterocycles. The number of carbonyl (C=O) groups is 3. The van der Waals surface area contributed by atoms with Crippen molar-refractivity contribution in [2.24, 2.45) is 0 Å². The molecule has 146 valence electrons. The monoisotopic (exact) mass is 380 g/mol. The fourth-order valence-electron chi connectivity index (χ4n) is 3.73. The van der Waals surface area contributed by atoms with Gasteiger partial charge in [0.1, 0.15) is 6.04 Å². The lowest BCUT2D eigenvalue weighted by Crippen LogP contribution is -2.52. The molecule has 0 radical (unpaired) electrons. The van der Waals surface area contributed by atoms with Crippen LogP contribution in [0.1, 0.15) is 24.0 Å². The maximum atomic E-state index is 12.9. The summed E-state index contributed by atoms with van der Waals surface area (Å²) in [5, 5.41) is 0. The second-order valence-electron chi connectivity index (χ2n) is 6.89. The number of Topliss-reactive ketones (excluding diaryl/α,β-unsaturated/α-hetero) is 1. The summed E-state index contributed by atoms with van der Waals surface area (Å²) in [6.07, 6.45) is 1.98. The van der Waals surface area contributed by atoms with E-state index in [2.05, 4.69) is 10.3 Å². The maximum Gasteiger partial charge on any atom is 0.313 e. The first kappa shape index (κ1) is 19.8. The molecule has 3 rings (SSSR count). The van der Waals surface area contributed by atoms with Crippen LogP contribution >= 0.6 is 0 Å². The Bertz CT molecular complexity index is 823. The van der Waals surface area contributed by atoms with Gasteiger partial charge in [0.15, 0.2) is 0 Å². The first-order valence-electron chi connectivity index (χ1n) is 9.36. The zero-order chi connectivity index (χ0) is 19.9. The van der Waals surface area contributed by atoms with Gasteiger partial charge in [-0.25, -0.2) is 5.48 Å². The predicted molar refractivity (Wildman–Crippen MR) is 104 cm³/mol. The van der Waals surface area contributed by atoms with Gasteiger partial charge in [-0.2, -0.15) is 0 Å². The standard InChI is InChI=1S/C22H24N2O4/c1-28-23-22(27)21(26)19(15-17-10-6-3-7-11-17)24-18(12-13-20(24)25)14-16-8-4-2-5-9-16/h2-11,18-19H,12-15H2,1H3,(H,23,27). The van der Waals surface area contributed by atoms with E-state index in [1.807, 2.05) is 60.7 Å². The maximum absolute atomic E-state index is 12.9. The quantitative estimate of drug-likeness (QED) is 0.562. The van der Waals surface area contributed by atoms with Crippen molar-refractivity contribution >= 4 is 17.6 Å². The Morgan fingerprint density at radius 3 is 2.29 bits per heavy atom. The van der Waals surface area contributed by atoms with Gasteiger partial charge in [0.05, 0.1) is 7.11 Å². The smallest absolute Gasteiger partial charge is 0.313 e. The Kier molecular flexibility index (Phi) is 6.55. The number of nitrogens with one attached hydrogen (secondary N) is 1. The van der Waals surface area contributed by atoms with Crippen molar-refractivity contribution in [3.05, 3.63) is 71.8 Å². The summed E-state index contributed by atoms with van der Waals surface area (Å²) in [6, 6.07) is 18.3. The van der Waals surface area contributed by atoms with E-state index in [1.54, 1.807) is 4.90 Å². The second-order valence-corrected chi connectivity index (χ2v) is 6.89. The van der Waals surface area contributed by atoms with E-state index in [9.17, 15) is 14.4 Å². The third kappa shape index (κ3) is 4.64. The van der Waals surface area contributed by atoms with Crippen LogP contribution in [0.4, 0.5) is 0 Å². The third-order valence-electron chi connectivity index (χ3n) is 5.02. The number of nitrogens with zero attached hydrogens (tertiary/aromatic N) is 1. The van der Waals surface area contributed by atoms with Gasteiger partial charge in [0.2, 0.25) is 11.7 Å². The van der Waals surface area contributed by atoms with Crippen molar-refractivity contribution in [3.63, 3.8) is 0 Å². The summed E-state index contributed by atoms with van der Waals surface area (Å²) >= 11 is 0. The highest BCUT2D eigenvalue weighted by atomic mass is 16.6. The molecule has 2 atom stereocenters. The van der Waals surface area contributed by atoms with Crippen molar-refractivity contribution in [2.45, 2.75) is 37.8 Å². The molecule has 1 aliphatic heterocycles. The molecular formula is C22H24N2O4. The summed E-state index contributed by atoms with van der Waals surface area (Å²) in [7, 11) is 1.27. The summed E-state index contributed by atoms with van der Waals surface area (Å²) < 4.78 is 0. The normalized spacial score (nSPS) is 17.4. The van der Waals surface area contributed by atoms with Crippen LogP contribution in [0.3, 0.4) is 0 Å². The predicted octanol–water partition coefficient (Wildman–Crippen LogP) is 2.08. The zero-order valence-corrected chi connectivity index (χ0v) is 15.8. The lowest BCUT2D eigenvalue weighted by atomic mass is 9.97. The summed E-state index contributed by atoms with van der Waals surface area (Å²) in [4.78, 5) is 44.0. The van der Waals surface area contributed by atoms with Gasteiger partial charge in [-0.05, 0) is 24.0 Å². The molecule has 0 bridgehead atoms. The number of rotatable bonds is 8. The number of amides is 2. The van der Waals surface area contributed by atoms with Crippen LogP contribution in [0.5, 0.6) is 0 Å². The molecule has 1 heterocycles. The van der Waals surface area contributed by atoms with E-state index < -0.39 is 17.7 Å². The number of carbonyl (C=O) groups excluding carboxylic acids is 3. The van der Waals surface area contributed by atoms with Crippen molar-refractivity contribution < 1.29 is 19.2 Å². The summed E-state index contributed by atoms with van der Waals surface area (Å²) in [5.41, 5.74) is 4.08. The Labute approximate surface area is 164 Å². The molecule has 0 aliphatic carbocycles. The van der Waals surface area contributed by atoms with Gasteiger partial charge in [-0.3, -0.25) is 19.2 Å². The molecule has 6 nitrogen and oxygen atoms in total. The van der Waals surface area contributed by atoms with Crippen LogP contribution in [0.2, 0.25) is 0 Å². The average Bonchev–Trinajstić information content (AvgIpc) is 3.07. The van der Waals surface area contributed by atoms with E-state index >= 15 is 0 Å². The third-order valence-corrected chi connectivity index (χ3v) is 5.02. The van der Waals surface area contributed by atoms with Crippen LogP contribution in [0.15, 0.2) is 60.7 Å². The number of benzene rings is 2. The highest BCUT2D eigenvalue weighted by Crippen LogP contribution is 2.27. The Morgan fingerprint density at radius 2 is 1.68 bits per heavy atom. The van der Waals surface area contributed by atoms with Crippen molar-refractivity contribution in [1.82, 2.24) is 10.4 Å². The zero-order valence-electron chi connectivity index (χ0n) is 15.8. The molecule has 1 saturated heterocycles. The molecule has 28 heavy (non-hydrogen) atoms. The van der Waals surface area contributed by atoms with E-state index in [0.29, 0.717) is 19.3 Å². The van der Waals surface area contributed by atoms with Gasteiger partial charge >= 0.3 is 5.91 Å². The molecule has 6 heteroatoms. The fourth-order valence-corrected chi connectivity index (χ4v) is 3.73. The van der Waals surface area contributed by atoms with E-state index in [4.69, 9.17) is 0 Å². The minimum absolute atomic E-state index is 0.0968. The Hall–Kier alpha value is -2.99. The van der Waals surface area contributed by atoms with Crippen LogP contribution in [-0.4, -0.2) is 41.7 Å². The molecule has 2 aromatic carbocycles. The number of hydroxylamine groups is 1. The molecule has 0 spiro atoms. The number of likely N-dealkylation sites (tertiary alicyclic amines) is 1. The number of ketones is 1. The summed E-state index contributed by atoms with van der Waals surface area (Å²) in [5.74, 6) is -1.61. The molecule has 1 aliphatic rings. The van der Waals surface area contributed by atoms with Crippen molar-refractivity contribution in [1.29, 1.82) is 0 Å². The molecular weight excluding hydrogens is 356 g/mol. The Balaban J connectivity index is 1.88. The lowest BCUT2D eigenvalue weighted by Gasteiger charge is -2.32. The van der Waals surface area contributed by atoms with Crippen molar-refractivity contribution in [2.75, 3.05) is 7.11 Å². The van der Waals surface area contributed by atoms with Crippen LogP contribution < -0.4 is 5.48 Å². The van der Waals surface area contributed by atoms with Crippen molar-refractivity contribution in [3.8, 4) is 0 Å². The minimum Gasteiger partial charge on any atom is -0.328 e. The fraction of sp³-hybridized carbons (Fsp3) is 0.318. The van der Waals surface area contributed by atoms with Gasteiger partial charge in [-0.1, -0.05) is 60.7 Å². The molecule has 2 unspecified atom stereocenters. The largest absolute Gasteiger partial charge is 0.328 e. The molecule has 1 fully saturated rings. The SMILES string of the molecule is CONC(=O)C(=O)C(Cc1ccccc1)N1C(=O)CCC1Cc1ccccc1. The number of hydrogen-bond acceptors (Lipinski definition) is 4. The van der Waals surface area contributed by atoms with Gasteiger partial charge < -0.3 is 4.90 Å². The summed E-state index contributed by atoms with van der Waals surface area (Å²) in [6.45, 7) is 0. The van der Waals surface area contributed by atoms with Crippen LogP contribution in [0.25, 0.3) is 0 Å². The van der Waals surface area contributed by atoms with E-state index in [0.717, 1.165) is 11.1 Å². The van der Waals surface area contributed by atoms with Crippen LogP contribution in [-0.2, 0) is 32.1 Å².